The fourth-order valence-corrected chi connectivity index (χ4v) is 3.23. The Hall–Kier alpha value is -2.67. The molecular formula is C17H17N3O3S. The van der Waals surface area contributed by atoms with Crippen LogP contribution in [0.3, 0.4) is 0 Å². The van der Waals surface area contributed by atoms with Crippen molar-refractivity contribution in [2.75, 3.05) is 4.90 Å². The van der Waals surface area contributed by atoms with Crippen LogP contribution in [0.4, 0.5) is 5.69 Å². The Morgan fingerprint density at radius 1 is 1.25 bits per heavy atom. The van der Waals surface area contributed by atoms with Crippen LogP contribution in [0.1, 0.15) is 13.8 Å². The molecule has 2 aromatic heterocycles. The molecule has 0 atom stereocenters. The summed E-state index contributed by atoms with van der Waals surface area (Å²) in [4.78, 5) is 27.2. The SMILES string of the molecule is CC(C)N(C(=O)Cn1c(-c2cccs2)noc1=O)c1ccccc1. The van der Waals surface area contributed by atoms with Crippen LogP contribution in [0, 0.1) is 0 Å². The van der Waals surface area contributed by atoms with Gasteiger partial charge in [0.1, 0.15) is 6.54 Å². The van der Waals surface area contributed by atoms with Crippen LogP contribution in [0.5, 0.6) is 0 Å². The Balaban J connectivity index is 1.92. The summed E-state index contributed by atoms with van der Waals surface area (Å²) in [5.41, 5.74) is 0.791. The molecule has 2 heterocycles. The Labute approximate surface area is 142 Å². The molecule has 0 fully saturated rings. The Morgan fingerprint density at radius 2 is 2.00 bits per heavy atom. The maximum atomic E-state index is 12.8. The van der Waals surface area contributed by atoms with E-state index in [2.05, 4.69) is 5.16 Å². The Morgan fingerprint density at radius 3 is 2.62 bits per heavy atom. The van der Waals surface area contributed by atoms with Gasteiger partial charge in [0.25, 0.3) is 0 Å². The van der Waals surface area contributed by atoms with E-state index < -0.39 is 5.76 Å². The van der Waals surface area contributed by atoms with Gasteiger partial charge in [0.15, 0.2) is 5.82 Å². The molecule has 0 N–H and O–H groups in total. The smallest absolute Gasteiger partial charge is 0.308 e. The minimum atomic E-state index is -0.636. The van der Waals surface area contributed by atoms with Crippen molar-refractivity contribution in [3.8, 4) is 10.7 Å². The molecule has 3 aromatic rings. The zero-order chi connectivity index (χ0) is 17.1. The molecule has 124 valence electrons. The summed E-state index contributed by atoms with van der Waals surface area (Å²) in [6.07, 6.45) is 0. The first-order valence-electron chi connectivity index (χ1n) is 7.55. The predicted octanol–water partition coefficient (Wildman–Crippen LogP) is 3.01. The lowest BCUT2D eigenvalue weighted by atomic mass is 10.2. The average Bonchev–Trinajstić information content (AvgIpc) is 3.19. The molecule has 1 aromatic carbocycles. The predicted molar refractivity (Wildman–Crippen MR) is 93.1 cm³/mol. The first-order valence-corrected chi connectivity index (χ1v) is 8.43. The number of hydrogen-bond acceptors (Lipinski definition) is 5. The van der Waals surface area contributed by atoms with Gasteiger partial charge < -0.3 is 4.90 Å². The van der Waals surface area contributed by atoms with E-state index in [9.17, 15) is 9.59 Å². The van der Waals surface area contributed by atoms with Crippen LogP contribution in [0.25, 0.3) is 10.7 Å². The highest BCUT2D eigenvalue weighted by molar-refractivity contribution is 7.13. The molecular weight excluding hydrogens is 326 g/mol. The molecule has 3 rings (SSSR count). The van der Waals surface area contributed by atoms with Crippen LogP contribution in [0.15, 0.2) is 57.2 Å². The average molecular weight is 343 g/mol. The lowest BCUT2D eigenvalue weighted by Gasteiger charge is -2.27. The number of carbonyl (C=O) groups excluding carboxylic acids is 1. The number of aromatic nitrogens is 2. The number of nitrogens with zero attached hydrogens (tertiary/aromatic N) is 3. The van der Waals surface area contributed by atoms with Gasteiger partial charge in [0, 0.05) is 11.7 Å². The van der Waals surface area contributed by atoms with Crippen LogP contribution in [0.2, 0.25) is 0 Å². The standard InChI is InChI=1S/C17H17N3O3S/c1-12(2)20(13-7-4-3-5-8-13)15(21)11-19-16(18-23-17(19)22)14-9-6-10-24-14/h3-10,12H,11H2,1-2H3. The maximum Gasteiger partial charge on any atom is 0.442 e. The van der Waals surface area contributed by atoms with Gasteiger partial charge in [0.2, 0.25) is 5.91 Å². The van der Waals surface area contributed by atoms with E-state index in [0.29, 0.717) is 5.82 Å². The number of amides is 1. The van der Waals surface area contributed by atoms with E-state index in [-0.39, 0.29) is 18.5 Å². The molecule has 0 spiro atoms. The molecule has 0 saturated heterocycles. The van der Waals surface area contributed by atoms with E-state index >= 15 is 0 Å². The monoisotopic (exact) mass is 343 g/mol. The molecule has 7 heteroatoms. The van der Waals surface area contributed by atoms with Gasteiger partial charge in [-0.3, -0.25) is 9.32 Å². The number of hydrogen-bond donors (Lipinski definition) is 0. The number of thiophene rings is 1. The van der Waals surface area contributed by atoms with Gasteiger partial charge in [-0.1, -0.05) is 29.4 Å². The highest BCUT2D eigenvalue weighted by Crippen LogP contribution is 2.22. The van der Waals surface area contributed by atoms with Gasteiger partial charge in [-0.2, -0.15) is 0 Å². The van der Waals surface area contributed by atoms with Gasteiger partial charge in [-0.05, 0) is 37.4 Å². The molecule has 0 unspecified atom stereocenters. The van der Waals surface area contributed by atoms with E-state index in [1.807, 2.05) is 61.7 Å². The summed E-state index contributed by atoms with van der Waals surface area (Å²) >= 11 is 1.43. The van der Waals surface area contributed by atoms with E-state index in [0.717, 1.165) is 10.6 Å². The van der Waals surface area contributed by atoms with Gasteiger partial charge >= 0.3 is 5.76 Å². The van der Waals surface area contributed by atoms with Crippen LogP contribution in [-0.4, -0.2) is 21.7 Å². The van der Waals surface area contributed by atoms with E-state index in [1.54, 1.807) is 4.90 Å². The van der Waals surface area contributed by atoms with E-state index in [4.69, 9.17) is 4.52 Å². The third-order valence-electron chi connectivity index (χ3n) is 3.54. The topological polar surface area (TPSA) is 68.3 Å². The molecule has 1 amide bonds. The minimum Gasteiger partial charge on any atom is -0.308 e. The van der Waals surface area contributed by atoms with Crippen molar-refractivity contribution < 1.29 is 9.32 Å². The lowest BCUT2D eigenvalue weighted by Crippen LogP contribution is -2.40. The van der Waals surface area contributed by atoms with E-state index in [1.165, 1.54) is 15.9 Å². The third-order valence-corrected chi connectivity index (χ3v) is 4.41. The quantitative estimate of drug-likeness (QED) is 0.714. The molecule has 0 radical (unpaired) electrons. The second-order valence-electron chi connectivity index (χ2n) is 5.53. The highest BCUT2D eigenvalue weighted by atomic mass is 32.1. The third kappa shape index (κ3) is 3.16. The van der Waals surface area contributed by atoms with Crippen LogP contribution in [-0.2, 0) is 11.3 Å². The maximum absolute atomic E-state index is 12.8. The second-order valence-corrected chi connectivity index (χ2v) is 6.48. The molecule has 0 aliphatic heterocycles. The molecule has 6 nitrogen and oxygen atoms in total. The van der Waals surface area contributed by atoms with Crippen molar-refractivity contribution >= 4 is 22.9 Å². The first-order chi connectivity index (χ1) is 11.6. The largest absolute Gasteiger partial charge is 0.442 e. The minimum absolute atomic E-state index is 0.0411. The Bertz CT molecular complexity index is 866. The fourth-order valence-electron chi connectivity index (χ4n) is 2.52. The van der Waals surface area contributed by atoms with Crippen molar-refractivity contribution in [2.45, 2.75) is 26.4 Å². The second kappa shape index (κ2) is 6.84. The summed E-state index contributed by atoms with van der Waals surface area (Å²) < 4.78 is 6.03. The zero-order valence-corrected chi connectivity index (χ0v) is 14.2. The van der Waals surface area contributed by atoms with Crippen molar-refractivity contribution in [1.82, 2.24) is 9.72 Å². The van der Waals surface area contributed by atoms with Gasteiger partial charge in [-0.25, -0.2) is 9.36 Å². The summed E-state index contributed by atoms with van der Waals surface area (Å²) in [7, 11) is 0. The molecule has 0 bridgehead atoms. The van der Waals surface area contributed by atoms with Crippen LogP contribution < -0.4 is 10.7 Å². The van der Waals surface area contributed by atoms with Crippen molar-refractivity contribution in [2.24, 2.45) is 0 Å². The summed E-state index contributed by atoms with van der Waals surface area (Å²) in [6, 6.07) is 13.0. The van der Waals surface area contributed by atoms with Gasteiger partial charge in [0.05, 0.1) is 4.88 Å². The normalized spacial score (nSPS) is 11.0. The summed E-state index contributed by atoms with van der Waals surface area (Å²) in [6.45, 7) is 3.74. The number of carbonyl (C=O) groups is 1. The lowest BCUT2D eigenvalue weighted by molar-refractivity contribution is -0.119. The molecule has 24 heavy (non-hydrogen) atoms. The van der Waals surface area contributed by atoms with Crippen molar-refractivity contribution in [1.29, 1.82) is 0 Å². The fraction of sp³-hybridized carbons (Fsp3) is 0.235. The van der Waals surface area contributed by atoms with Crippen molar-refractivity contribution in [3.63, 3.8) is 0 Å². The van der Waals surface area contributed by atoms with Crippen molar-refractivity contribution in [3.05, 3.63) is 58.4 Å². The molecule has 0 aliphatic rings. The van der Waals surface area contributed by atoms with Crippen LogP contribution >= 0.6 is 11.3 Å². The number of rotatable bonds is 5. The molecule has 0 aliphatic carbocycles. The van der Waals surface area contributed by atoms with Gasteiger partial charge in [-0.15, -0.1) is 11.3 Å². The first kappa shape index (κ1) is 16.2. The number of anilines is 1. The summed E-state index contributed by atoms with van der Waals surface area (Å²) in [5.74, 6) is -0.456. The highest BCUT2D eigenvalue weighted by Gasteiger charge is 2.23. The zero-order valence-electron chi connectivity index (χ0n) is 13.4. The summed E-state index contributed by atoms with van der Waals surface area (Å²) in [5, 5.41) is 5.68. The Kier molecular flexibility index (Phi) is 4.61. The number of benzene rings is 1. The molecule has 0 saturated carbocycles. The number of para-hydroxylation sites is 1.